The number of nitrogens with zero attached hydrogens (tertiary/aromatic N) is 4. The molecule has 1 aliphatic rings. The molecule has 9 heteroatoms. The summed E-state index contributed by atoms with van der Waals surface area (Å²) < 4.78 is 29.1. The third kappa shape index (κ3) is 4.20. The second kappa shape index (κ2) is 8.94. The van der Waals surface area contributed by atoms with Gasteiger partial charge in [-0.2, -0.15) is 4.31 Å². The van der Waals surface area contributed by atoms with Crippen molar-refractivity contribution in [1.29, 1.82) is 0 Å². The number of para-hydroxylation sites is 1. The maximum atomic E-state index is 13.0. The lowest BCUT2D eigenvalue weighted by Crippen LogP contribution is -2.46. The molecule has 1 unspecified atom stereocenters. The summed E-state index contributed by atoms with van der Waals surface area (Å²) in [4.78, 5) is 20.0. The number of fused-ring (bicyclic) bond motifs is 1. The zero-order chi connectivity index (χ0) is 23.0. The molecular weight excluding hydrogens is 448 g/mol. The van der Waals surface area contributed by atoms with Crippen LogP contribution in [-0.2, 0) is 17.1 Å². The van der Waals surface area contributed by atoms with Crippen molar-refractivity contribution in [2.75, 3.05) is 20.1 Å². The van der Waals surface area contributed by atoms with E-state index in [1.165, 1.54) is 4.31 Å². The Morgan fingerprint density at radius 1 is 1.09 bits per heavy atom. The van der Waals surface area contributed by atoms with Gasteiger partial charge in [-0.3, -0.25) is 14.3 Å². The number of hydrogen-bond acceptors (Lipinski definition) is 5. The Labute approximate surface area is 193 Å². The Hall–Kier alpha value is -2.26. The molecule has 0 saturated carbocycles. The minimum absolute atomic E-state index is 0.0604. The van der Waals surface area contributed by atoms with Gasteiger partial charge in [0.2, 0.25) is 10.0 Å². The van der Waals surface area contributed by atoms with Crippen molar-refractivity contribution in [3.05, 3.63) is 69.7 Å². The molecule has 1 aliphatic heterocycles. The van der Waals surface area contributed by atoms with Crippen LogP contribution in [0.3, 0.4) is 0 Å². The minimum atomic E-state index is -3.54. The van der Waals surface area contributed by atoms with E-state index in [4.69, 9.17) is 16.6 Å². The molecule has 0 bridgehead atoms. The molecule has 0 aliphatic carbocycles. The summed E-state index contributed by atoms with van der Waals surface area (Å²) in [5.74, 6) is 0.701. The molecule has 3 aromatic rings. The quantitative estimate of drug-likeness (QED) is 0.566. The summed E-state index contributed by atoms with van der Waals surface area (Å²) in [6, 6.07) is 13.7. The Morgan fingerprint density at radius 2 is 1.72 bits per heavy atom. The molecule has 1 saturated heterocycles. The number of hydrogen-bond donors (Lipinski definition) is 0. The molecule has 4 rings (SSSR count). The van der Waals surface area contributed by atoms with Crippen molar-refractivity contribution in [3.63, 3.8) is 0 Å². The first-order valence-corrected chi connectivity index (χ1v) is 12.5. The Bertz CT molecular complexity index is 1280. The normalized spacial score (nSPS) is 17.2. The second-order valence-corrected chi connectivity index (χ2v) is 10.7. The maximum absolute atomic E-state index is 13.0. The Kier molecular flexibility index (Phi) is 6.40. The van der Waals surface area contributed by atoms with Crippen LogP contribution in [0.25, 0.3) is 10.9 Å². The van der Waals surface area contributed by atoms with Crippen LogP contribution in [0.4, 0.5) is 0 Å². The molecule has 0 N–H and O–H groups in total. The Morgan fingerprint density at radius 3 is 2.38 bits per heavy atom. The van der Waals surface area contributed by atoms with Gasteiger partial charge in [0.05, 0.1) is 21.8 Å². The highest BCUT2D eigenvalue weighted by Crippen LogP contribution is 2.28. The molecule has 1 fully saturated rings. The van der Waals surface area contributed by atoms with E-state index in [1.54, 1.807) is 41.9 Å². The monoisotopic (exact) mass is 474 g/mol. The van der Waals surface area contributed by atoms with Crippen molar-refractivity contribution in [1.82, 2.24) is 18.8 Å². The van der Waals surface area contributed by atoms with Gasteiger partial charge >= 0.3 is 0 Å². The number of rotatable bonds is 5. The van der Waals surface area contributed by atoms with Crippen LogP contribution in [0, 0.1) is 0 Å². The van der Waals surface area contributed by atoms with E-state index in [0.717, 1.165) is 0 Å². The average Bonchev–Trinajstić information content (AvgIpc) is 2.81. The maximum Gasteiger partial charge on any atom is 0.261 e. The first-order valence-electron chi connectivity index (χ1n) is 10.6. The molecule has 0 radical (unpaired) electrons. The van der Waals surface area contributed by atoms with Crippen molar-refractivity contribution in [3.8, 4) is 0 Å². The van der Waals surface area contributed by atoms with E-state index < -0.39 is 10.0 Å². The second-order valence-electron chi connectivity index (χ2n) is 8.28. The van der Waals surface area contributed by atoms with Gasteiger partial charge in [0, 0.05) is 31.2 Å². The van der Waals surface area contributed by atoms with Gasteiger partial charge in [0.25, 0.3) is 5.56 Å². The van der Waals surface area contributed by atoms with Crippen molar-refractivity contribution < 1.29 is 8.42 Å². The smallest absolute Gasteiger partial charge is 0.261 e. The molecule has 1 aromatic heterocycles. The lowest BCUT2D eigenvalue weighted by molar-refractivity contribution is 0.125. The zero-order valence-corrected chi connectivity index (χ0v) is 20.0. The van der Waals surface area contributed by atoms with E-state index in [0.29, 0.717) is 47.7 Å². The van der Waals surface area contributed by atoms with Crippen LogP contribution in [0.1, 0.15) is 31.6 Å². The molecule has 170 valence electrons. The van der Waals surface area contributed by atoms with Gasteiger partial charge < -0.3 is 0 Å². The highest BCUT2D eigenvalue weighted by molar-refractivity contribution is 7.89. The summed E-state index contributed by atoms with van der Waals surface area (Å²) >= 11 is 5.89. The summed E-state index contributed by atoms with van der Waals surface area (Å²) in [6.07, 6.45) is 1.41. The van der Waals surface area contributed by atoms with Gasteiger partial charge in [-0.15, -0.1) is 0 Å². The van der Waals surface area contributed by atoms with Crippen LogP contribution in [0.15, 0.2) is 58.2 Å². The van der Waals surface area contributed by atoms with Crippen molar-refractivity contribution in [2.24, 2.45) is 7.05 Å². The number of piperidine rings is 1. The van der Waals surface area contributed by atoms with Crippen molar-refractivity contribution in [2.45, 2.75) is 36.7 Å². The van der Waals surface area contributed by atoms with Gasteiger partial charge in [-0.1, -0.05) is 23.7 Å². The third-order valence-electron chi connectivity index (χ3n) is 6.45. The highest BCUT2D eigenvalue weighted by Gasteiger charge is 2.33. The molecule has 2 heterocycles. The van der Waals surface area contributed by atoms with Crippen LogP contribution >= 0.6 is 11.6 Å². The van der Waals surface area contributed by atoms with E-state index >= 15 is 0 Å². The summed E-state index contributed by atoms with van der Waals surface area (Å²) in [5, 5.41) is 1.12. The van der Waals surface area contributed by atoms with Crippen LogP contribution in [0.5, 0.6) is 0 Å². The SMILES string of the molecule is CC(c1nc2ccccc2c(=O)n1C)N(C)C1CCN(S(=O)(=O)c2ccc(Cl)cc2)CC1. The number of sulfonamides is 1. The van der Waals surface area contributed by atoms with Gasteiger partial charge in [0.15, 0.2) is 0 Å². The molecule has 7 nitrogen and oxygen atoms in total. The summed E-state index contributed by atoms with van der Waals surface area (Å²) in [7, 11) is 0.228. The van der Waals surface area contributed by atoms with E-state index in [2.05, 4.69) is 4.90 Å². The molecular formula is C23H27ClN4O3S. The fourth-order valence-corrected chi connectivity index (χ4v) is 5.95. The number of aromatic nitrogens is 2. The minimum Gasteiger partial charge on any atom is -0.298 e. The lowest BCUT2D eigenvalue weighted by Gasteiger charge is -2.39. The highest BCUT2D eigenvalue weighted by atomic mass is 35.5. The first kappa shape index (κ1) is 22.9. The van der Waals surface area contributed by atoms with Gasteiger partial charge in [-0.05, 0) is 63.2 Å². The van der Waals surface area contributed by atoms with Crippen molar-refractivity contribution >= 4 is 32.5 Å². The third-order valence-corrected chi connectivity index (χ3v) is 8.62. The zero-order valence-electron chi connectivity index (χ0n) is 18.4. The van der Waals surface area contributed by atoms with Gasteiger partial charge in [-0.25, -0.2) is 13.4 Å². The molecule has 2 aromatic carbocycles. The van der Waals surface area contributed by atoms with Crippen LogP contribution < -0.4 is 5.56 Å². The molecule has 0 spiro atoms. The molecule has 0 amide bonds. The lowest BCUT2D eigenvalue weighted by atomic mass is 10.0. The van der Waals surface area contributed by atoms with Gasteiger partial charge in [0.1, 0.15) is 5.82 Å². The standard InChI is InChI=1S/C23H27ClN4O3S/c1-16(22-25-21-7-5-4-6-20(21)23(29)27(22)3)26(2)18-12-14-28(15-13-18)32(30,31)19-10-8-17(24)9-11-19/h4-11,16,18H,12-15H2,1-3H3. The largest absolute Gasteiger partial charge is 0.298 e. The van der Waals surface area contributed by atoms with E-state index in [1.807, 2.05) is 32.2 Å². The van der Waals surface area contributed by atoms with Crippen LogP contribution in [0.2, 0.25) is 5.02 Å². The van der Waals surface area contributed by atoms with Crippen LogP contribution in [-0.4, -0.2) is 53.4 Å². The molecule has 32 heavy (non-hydrogen) atoms. The fraction of sp³-hybridized carbons (Fsp3) is 0.391. The predicted molar refractivity (Wildman–Crippen MR) is 126 cm³/mol. The predicted octanol–water partition coefficient (Wildman–Crippen LogP) is 3.43. The van der Waals surface area contributed by atoms with E-state index in [-0.39, 0.29) is 22.5 Å². The summed E-state index contributed by atoms with van der Waals surface area (Å²) in [5.41, 5.74) is 0.629. The fourth-order valence-electron chi connectivity index (χ4n) is 4.35. The average molecular weight is 475 g/mol. The van der Waals surface area contributed by atoms with E-state index in [9.17, 15) is 13.2 Å². The topological polar surface area (TPSA) is 75.5 Å². The Balaban J connectivity index is 1.49. The number of halogens is 1. The first-order chi connectivity index (χ1) is 15.2. The summed E-state index contributed by atoms with van der Waals surface area (Å²) in [6.45, 7) is 2.92. The number of benzene rings is 2. The molecule has 1 atom stereocenters.